The van der Waals surface area contributed by atoms with Crippen molar-refractivity contribution in [1.29, 1.82) is 0 Å². The summed E-state index contributed by atoms with van der Waals surface area (Å²) in [5.41, 5.74) is 2.12. The highest BCUT2D eigenvalue weighted by Gasteiger charge is 2.04. The van der Waals surface area contributed by atoms with E-state index in [1.165, 1.54) is 19.3 Å². The highest BCUT2D eigenvalue weighted by atomic mass is 16.3. The predicted molar refractivity (Wildman–Crippen MR) is 69.6 cm³/mol. The maximum atomic E-state index is 8.95. The molecule has 1 unspecified atom stereocenters. The molecular weight excluding hydrogens is 198 g/mol. The molecular formula is C14H23NO. The van der Waals surface area contributed by atoms with Crippen LogP contribution >= 0.6 is 0 Å². The van der Waals surface area contributed by atoms with E-state index in [-0.39, 0.29) is 6.61 Å². The SMILES string of the molecule is CCCCC(CC)Nc1ccc(CO)cc1. The van der Waals surface area contributed by atoms with E-state index < -0.39 is 0 Å². The monoisotopic (exact) mass is 221 g/mol. The maximum Gasteiger partial charge on any atom is 0.0681 e. The second-order valence-corrected chi connectivity index (χ2v) is 4.25. The van der Waals surface area contributed by atoms with Crippen LogP contribution in [0.15, 0.2) is 24.3 Å². The van der Waals surface area contributed by atoms with Gasteiger partial charge in [0.1, 0.15) is 0 Å². The number of hydrogen-bond acceptors (Lipinski definition) is 2. The molecule has 0 aliphatic carbocycles. The van der Waals surface area contributed by atoms with Crippen molar-refractivity contribution in [3.8, 4) is 0 Å². The third kappa shape index (κ3) is 4.23. The van der Waals surface area contributed by atoms with Crippen LogP contribution in [0.25, 0.3) is 0 Å². The molecule has 0 heterocycles. The summed E-state index contributed by atoms with van der Waals surface area (Å²) in [6.07, 6.45) is 4.92. The molecule has 0 spiro atoms. The minimum atomic E-state index is 0.118. The zero-order chi connectivity index (χ0) is 11.8. The van der Waals surface area contributed by atoms with E-state index in [0.717, 1.165) is 17.7 Å². The van der Waals surface area contributed by atoms with Crippen LogP contribution in [-0.2, 0) is 6.61 Å². The molecule has 2 heteroatoms. The molecule has 0 aromatic heterocycles. The predicted octanol–water partition coefficient (Wildman–Crippen LogP) is 3.56. The van der Waals surface area contributed by atoms with Crippen LogP contribution in [0.5, 0.6) is 0 Å². The minimum absolute atomic E-state index is 0.118. The Kier molecular flexibility index (Phi) is 5.94. The number of anilines is 1. The molecule has 1 rings (SSSR count). The van der Waals surface area contributed by atoms with Crippen LogP contribution < -0.4 is 5.32 Å². The second-order valence-electron chi connectivity index (χ2n) is 4.25. The van der Waals surface area contributed by atoms with Crippen molar-refractivity contribution < 1.29 is 5.11 Å². The number of rotatable bonds is 7. The molecule has 0 saturated heterocycles. The van der Waals surface area contributed by atoms with Crippen molar-refractivity contribution >= 4 is 5.69 Å². The summed E-state index contributed by atoms with van der Waals surface area (Å²) >= 11 is 0. The number of nitrogens with one attached hydrogen (secondary N) is 1. The fourth-order valence-electron chi connectivity index (χ4n) is 1.77. The van der Waals surface area contributed by atoms with Crippen LogP contribution in [0, 0.1) is 0 Å². The standard InChI is InChI=1S/C14H23NO/c1-3-5-6-13(4-2)15-14-9-7-12(11-16)8-10-14/h7-10,13,15-16H,3-6,11H2,1-2H3. The van der Waals surface area contributed by atoms with Crippen molar-refractivity contribution in [2.24, 2.45) is 0 Å². The van der Waals surface area contributed by atoms with Gasteiger partial charge >= 0.3 is 0 Å². The lowest BCUT2D eigenvalue weighted by Gasteiger charge is -2.18. The van der Waals surface area contributed by atoms with Gasteiger partial charge in [0.15, 0.2) is 0 Å². The summed E-state index contributed by atoms with van der Waals surface area (Å²) in [6, 6.07) is 8.59. The van der Waals surface area contributed by atoms with Crippen molar-refractivity contribution in [1.82, 2.24) is 0 Å². The summed E-state index contributed by atoms with van der Waals surface area (Å²) < 4.78 is 0. The number of aliphatic hydroxyl groups is 1. The molecule has 0 aliphatic heterocycles. The first-order chi connectivity index (χ1) is 7.80. The topological polar surface area (TPSA) is 32.3 Å². The summed E-state index contributed by atoms with van der Waals surface area (Å²) in [6.45, 7) is 4.56. The van der Waals surface area contributed by atoms with Gasteiger partial charge < -0.3 is 10.4 Å². The first-order valence-corrected chi connectivity index (χ1v) is 6.26. The molecule has 0 amide bonds. The van der Waals surface area contributed by atoms with Gasteiger partial charge in [-0.25, -0.2) is 0 Å². The summed E-state index contributed by atoms with van der Waals surface area (Å²) in [5, 5.41) is 12.5. The van der Waals surface area contributed by atoms with Crippen molar-refractivity contribution in [3.63, 3.8) is 0 Å². The van der Waals surface area contributed by atoms with Gasteiger partial charge in [0, 0.05) is 11.7 Å². The Hall–Kier alpha value is -1.02. The number of unbranched alkanes of at least 4 members (excludes halogenated alkanes) is 1. The third-order valence-electron chi connectivity index (χ3n) is 2.91. The van der Waals surface area contributed by atoms with Gasteiger partial charge in [0.2, 0.25) is 0 Å². The lowest BCUT2D eigenvalue weighted by Crippen LogP contribution is -2.18. The molecule has 2 N–H and O–H groups in total. The molecule has 1 aromatic rings. The highest BCUT2D eigenvalue weighted by Crippen LogP contribution is 2.14. The van der Waals surface area contributed by atoms with E-state index in [4.69, 9.17) is 5.11 Å². The molecule has 0 aliphatic rings. The lowest BCUT2D eigenvalue weighted by molar-refractivity contribution is 0.282. The van der Waals surface area contributed by atoms with Gasteiger partial charge in [-0.05, 0) is 30.5 Å². The number of aliphatic hydroxyl groups excluding tert-OH is 1. The van der Waals surface area contributed by atoms with Crippen LogP contribution in [0.2, 0.25) is 0 Å². The van der Waals surface area contributed by atoms with Gasteiger partial charge in [0.05, 0.1) is 6.61 Å². The first-order valence-electron chi connectivity index (χ1n) is 6.26. The number of benzene rings is 1. The van der Waals surface area contributed by atoms with Gasteiger partial charge in [-0.3, -0.25) is 0 Å². The zero-order valence-electron chi connectivity index (χ0n) is 10.4. The molecule has 0 radical (unpaired) electrons. The third-order valence-corrected chi connectivity index (χ3v) is 2.91. The Morgan fingerprint density at radius 1 is 1.19 bits per heavy atom. The summed E-state index contributed by atoms with van der Waals surface area (Å²) in [7, 11) is 0. The molecule has 0 saturated carbocycles. The molecule has 2 nitrogen and oxygen atoms in total. The quantitative estimate of drug-likeness (QED) is 0.738. The average molecular weight is 221 g/mol. The molecule has 16 heavy (non-hydrogen) atoms. The van der Waals surface area contributed by atoms with Crippen LogP contribution in [0.3, 0.4) is 0 Å². The van der Waals surface area contributed by atoms with E-state index >= 15 is 0 Å². The Labute approximate surface area is 98.7 Å². The van der Waals surface area contributed by atoms with E-state index in [2.05, 4.69) is 19.2 Å². The van der Waals surface area contributed by atoms with Gasteiger partial charge in [-0.1, -0.05) is 38.8 Å². The molecule has 0 fully saturated rings. The van der Waals surface area contributed by atoms with Crippen molar-refractivity contribution in [2.45, 2.75) is 52.2 Å². The second kappa shape index (κ2) is 7.29. The largest absolute Gasteiger partial charge is 0.392 e. The smallest absolute Gasteiger partial charge is 0.0681 e. The van der Waals surface area contributed by atoms with Crippen LogP contribution in [0.4, 0.5) is 5.69 Å². The van der Waals surface area contributed by atoms with Gasteiger partial charge in [-0.2, -0.15) is 0 Å². The van der Waals surface area contributed by atoms with E-state index in [9.17, 15) is 0 Å². The Balaban J connectivity index is 2.49. The van der Waals surface area contributed by atoms with Gasteiger partial charge in [0.25, 0.3) is 0 Å². The molecule has 0 bridgehead atoms. The number of hydrogen-bond donors (Lipinski definition) is 2. The average Bonchev–Trinajstić information content (AvgIpc) is 2.35. The van der Waals surface area contributed by atoms with Gasteiger partial charge in [-0.15, -0.1) is 0 Å². The maximum absolute atomic E-state index is 8.95. The fraction of sp³-hybridized carbons (Fsp3) is 0.571. The molecule has 1 aromatic carbocycles. The Bertz CT molecular complexity index is 281. The molecule has 1 atom stereocenters. The lowest BCUT2D eigenvalue weighted by atomic mass is 10.1. The van der Waals surface area contributed by atoms with Crippen molar-refractivity contribution in [2.75, 3.05) is 5.32 Å². The van der Waals surface area contributed by atoms with Crippen molar-refractivity contribution in [3.05, 3.63) is 29.8 Å². The van der Waals surface area contributed by atoms with Crippen LogP contribution in [-0.4, -0.2) is 11.1 Å². The normalized spacial score (nSPS) is 12.4. The minimum Gasteiger partial charge on any atom is -0.392 e. The Morgan fingerprint density at radius 3 is 2.38 bits per heavy atom. The summed E-state index contributed by atoms with van der Waals surface area (Å²) in [4.78, 5) is 0. The summed E-state index contributed by atoms with van der Waals surface area (Å²) in [5.74, 6) is 0. The molecule has 90 valence electrons. The van der Waals surface area contributed by atoms with E-state index in [1.807, 2.05) is 24.3 Å². The van der Waals surface area contributed by atoms with Crippen LogP contribution in [0.1, 0.15) is 45.1 Å². The fourth-order valence-corrected chi connectivity index (χ4v) is 1.77. The Morgan fingerprint density at radius 2 is 1.88 bits per heavy atom. The first kappa shape index (κ1) is 13.0. The zero-order valence-corrected chi connectivity index (χ0v) is 10.4. The van der Waals surface area contributed by atoms with E-state index in [0.29, 0.717) is 6.04 Å². The highest BCUT2D eigenvalue weighted by molar-refractivity contribution is 5.45. The van der Waals surface area contributed by atoms with E-state index in [1.54, 1.807) is 0 Å².